The number of likely N-dealkylation sites (tertiary alicyclic amines) is 1. The molecule has 3 rings (SSSR count). The van der Waals surface area contributed by atoms with Crippen molar-refractivity contribution in [3.05, 3.63) is 82.4 Å². The summed E-state index contributed by atoms with van der Waals surface area (Å²) in [4.78, 5) is 27.4. The minimum Gasteiger partial charge on any atom is -0.331 e. The molecule has 0 radical (unpaired) electrons. The van der Waals surface area contributed by atoms with Crippen LogP contribution in [0.1, 0.15) is 62.6 Å². The third-order valence-corrected chi connectivity index (χ3v) is 6.91. The van der Waals surface area contributed by atoms with Crippen molar-refractivity contribution in [2.24, 2.45) is 5.41 Å². The highest BCUT2D eigenvalue weighted by molar-refractivity contribution is 6.30. The van der Waals surface area contributed by atoms with Gasteiger partial charge in [0.25, 0.3) is 0 Å². The molecule has 31 heavy (non-hydrogen) atoms. The third kappa shape index (κ3) is 4.88. The molecule has 1 aliphatic heterocycles. The molecular weight excluding hydrogens is 429 g/mol. The van der Waals surface area contributed by atoms with Crippen molar-refractivity contribution in [2.75, 3.05) is 0 Å². The predicted molar refractivity (Wildman–Crippen MR) is 128 cm³/mol. The van der Waals surface area contributed by atoms with Gasteiger partial charge >= 0.3 is 0 Å². The van der Waals surface area contributed by atoms with Crippen molar-refractivity contribution in [2.45, 2.75) is 57.5 Å². The second kappa shape index (κ2) is 10.0. The van der Waals surface area contributed by atoms with E-state index in [2.05, 4.69) is 12.6 Å². The van der Waals surface area contributed by atoms with Gasteiger partial charge in [0.05, 0.1) is 11.5 Å². The number of amides is 1. The van der Waals surface area contributed by atoms with Crippen LogP contribution in [0.5, 0.6) is 0 Å². The Labute approximate surface area is 195 Å². The topological polar surface area (TPSA) is 37.4 Å². The molecule has 1 heterocycles. The summed E-state index contributed by atoms with van der Waals surface area (Å²) >= 11 is 12.5. The lowest BCUT2D eigenvalue weighted by atomic mass is 9.67. The maximum atomic E-state index is 13.9. The molecule has 0 N–H and O–H groups in total. The van der Waals surface area contributed by atoms with Crippen LogP contribution >= 0.6 is 23.2 Å². The second-order valence-electron chi connectivity index (χ2n) is 8.59. The van der Waals surface area contributed by atoms with E-state index in [0.29, 0.717) is 35.7 Å². The van der Waals surface area contributed by atoms with Crippen molar-refractivity contribution < 1.29 is 9.59 Å². The van der Waals surface area contributed by atoms with Gasteiger partial charge < -0.3 is 9.69 Å². The van der Waals surface area contributed by atoms with Crippen molar-refractivity contribution in [1.82, 2.24) is 4.90 Å². The van der Waals surface area contributed by atoms with Crippen molar-refractivity contribution in [3.8, 4) is 0 Å². The third-order valence-electron chi connectivity index (χ3n) is 6.42. The minimum atomic E-state index is -0.603. The number of piperidine rings is 1. The first-order valence-electron chi connectivity index (χ1n) is 10.7. The largest absolute Gasteiger partial charge is 0.331 e. The lowest BCUT2D eigenvalue weighted by molar-refractivity contribution is -0.154. The van der Waals surface area contributed by atoms with Crippen LogP contribution in [0, 0.1) is 5.41 Å². The maximum Gasteiger partial charge on any atom is 0.229 e. The SMILES string of the molecule is C=CC[C@@]1(C)C[C@H](c2cccc(Cl)c2)[C@@H](c2ccc(Cl)cc2)N([C@@H](CC)CC=O)C1=O. The number of carbonyl (C=O) groups is 2. The predicted octanol–water partition coefficient (Wildman–Crippen LogP) is 7.00. The van der Waals surface area contributed by atoms with Gasteiger partial charge in [-0.3, -0.25) is 4.79 Å². The summed E-state index contributed by atoms with van der Waals surface area (Å²) in [5.41, 5.74) is 1.49. The monoisotopic (exact) mass is 457 g/mol. The molecule has 2 aromatic rings. The lowest BCUT2D eigenvalue weighted by Gasteiger charge is -2.52. The Morgan fingerprint density at radius 2 is 1.87 bits per heavy atom. The van der Waals surface area contributed by atoms with Gasteiger partial charge in [0, 0.05) is 28.4 Å². The molecule has 0 spiro atoms. The average molecular weight is 458 g/mol. The van der Waals surface area contributed by atoms with Gasteiger partial charge in [-0.05, 0) is 54.7 Å². The number of halogens is 2. The van der Waals surface area contributed by atoms with Crippen LogP contribution in [0.15, 0.2) is 61.2 Å². The van der Waals surface area contributed by atoms with Crippen molar-refractivity contribution in [1.29, 1.82) is 0 Å². The van der Waals surface area contributed by atoms with Gasteiger partial charge in [0.15, 0.2) is 0 Å². The zero-order valence-corrected chi connectivity index (χ0v) is 19.6. The Balaban J connectivity index is 2.23. The summed E-state index contributed by atoms with van der Waals surface area (Å²) in [7, 11) is 0. The fourth-order valence-corrected chi connectivity index (χ4v) is 5.20. The van der Waals surface area contributed by atoms with Gasteiger partial charge in [-0.25, -0.2) is 0 Å². The van der Waals surface area contributed by atoms with E-state index in [4.69, 9.17) is 23.2 Å². The van der Waals surface area contributed by atoms with Crippen molar-refractivity contribution in [3.63, 3.8) is 0 Å². The number of rotatable bonds is 8. The number of carbonyl (C=O) groups excluding carboxylic acids is 2. The van der Waals surface area contributed by atoms with Crippen LogP contribution in [-0.4, -0.2) is 23.1 Å². The zero-order valence-electron chi connectivity index (χ0n) is 18.1. The van der Waals surface area contributed by atoms with E-state index in [1.807, 2.05) is 67.3 Å². The second-order valence-corrected chi connectivity index (χ2v) is 9.47. The summed E-state index contributed by atoms with van der Waals surface area (Å²) in [6.07, 6.45) is 4.96. The number of hydrogen-bond donors (Lipinski definition) is 0. The Morgan fingerprint density at radius 3 is 2.45 bits per heavy atom. The van der Waals surface area contributed by atoms with Gasteiger partial charge in [-0.1, -0.05) is 67.4 Å². The standard InChI is InChI=1S/C26H29Cl2NO2/c1-4-14-26(3)17-23(19-7-6-8-21(28)16-19)24(18-9-11-20(27)12-10-18)29(25(26)31)22(5-2)13-15-30/h4,6-12,15-16,22-24H,1,5,13-14,17H2,2-3H3/t22-,23+,24+,26-/m0/s1. The molecule has 0 aromatic heterocycles. The Morgan fingerprint density at radius 1 is 1.16 bits per heavy atom. The van der Waals surface area contributed by atoms with Gasteiger partial charge in [0.1, 0.15) is 6.29 Å². The Kier molecular flexibility index (Phi) is 7.61. The molecule has 0 unspecified atom stereocenters. The molecule has 1 aliphatic rings. The first-order chi connectivity index (χ1) is 14.8. The molecule has 0 aliphatic carbocycles. The normalized spacial score (nSPS) is 24.6. The zero-order chi connectivity index (χ0) is 22.6. The highest BCUT2D eigenvalue weighted by Crippen LogP contribution is 2.52. The molecule has 1 saturated heterocycles. The van der Waals surface area contributed by atoms with Crippen LogP contribution in [0.25, 0.3) is 0 Å². The molecule has 164 valence electrons. The fourth-order valence-electron chi connectivity index (χ4n) is 4.88. The molecule has 4 atom stereocenters. The van der Waals surface area contributed by atoms with Crippen molar-refractivity contribution >= 4 is 35.4 Å². The van der Waals surface area contributed by atoms with E-state index in [0.717, 1.165) is 17.4 Å². The van der Waals surface area contributed by atoms with Crippen LogP contribution in [-0.2, 0) is 9.59 Å². The molecule has 0 saturated carbocycles. The maximum absolute atomic E-state index is 13.9. The summed E-state index contributed by atoms with van der Waals surface area (Å²) in [5.74, 6) is 0.0857. The van der Waals surface area contributed by atoms with E-state index in [-0.39, 0.29) is 23.9 Å². The van der Waals surface area contributed by atoms with E-state index in [1.165, 1.54) is 0 Å². The summed E-state index contributed by atoms with van der Waals surface area (Å²) in [5, 5.41) is 1.31. The molecule has 1 amide bonds. The molecule has 0 bridgehead atoms. The summed E-state index contributed by atoms with van der Waals surface area (Å²) < 4.78 is 0. The van der Waals surface area contributed by atoms with Gasteiger partial charge in [-0.2, -0.15) is 0 Å². The molecular formula is C26H29Cl2NO2. The highest BCUT2D eigenvalue weighted by atomic mass is 35.5. The average Bonchev–Trinajstić information content (AvgIpc) is 2.75. The Bertz CT molecular complexity index is 943. The lowest BCUT2D eigenvalue weighted by Crippen LogP contribution is -2.55. The van der Waals surface area contributed by atoms with E-state index in [1.54, 1.807) is 0 Å². The number of allylic oxidation sites excluding steroid dienone is 1. The van der Waals surface area contributed by atoms with E-state index >= 15 is 0 Å². The smallest absolute Gasteiger partial charge is 0.229 e. The van der Waals surface area contributed by atoms with Crippen LogP contribution < -0.4 is 0 Å². The molecule has 1 fully saturated rings. The van der Waals surface area contributed by atoms with Gasteiger partial charge in [0.2, 0.25) is 5.91 Å². The van der Waals surface area contributed by atoms with E-state index < -0.39 is 5.41 Å². The van der Waals surface area contributed by atoms with Crippen LogP contribution in [0.3, 0.4) is 0 Å². The highest BCUT2D eigenvalue weighted by Gasteiger charge is 2.50. The fraction of sp³-hybridized carbons (Fsp3) is 0.385. The van der Waals surface area contributed by atoms with E-state index in [9.17, 15) is 9.59 Å². The molecule has 5 heteroatoms. The number of nitrogens with zero attached hydrogens (tertiary/aromatic N) is 1. The summed E-state index contributed by atoms with van der Waals surface area (Å²) in [6.45, 7) is 7.93. The number of benzene rings is 2. The first kappa shape index (κ1) is 23.6. The van der Waals surface area contributed by atoms with Crippen LogP contribution in [0.4, 0.5) is 0 Å². The quantitative estimate of drug-likeness (QED) is 0.316. The van der Waals surface area contributed by atoms with Gasteiger partial charge in [-0.15, -0.1) is 6.58 Å². The first-order valence-corrected chi connectivity index (χ1v) is 11.5. The molecule has 2 aromatic carbocycles. The summed E-state index contributed by atoms with van der Waals surface area (Å²) in [6, 6.07) is 15.1. The molecule has 3 nitrogen and oxygen atoms in total. The minimum absolute atomic E-state index is 0.0169. The van der Waals surface area contributed by atoms with Crippen LogP contribution in [0.2, 0.25) is 10.0 Å². The number of aldehydes is 1. The number of hydrogen-bond acceptors (Lipinski definition) is 2. The Hall–Kier alpha value is -2.10.